The number of benzene rings is 1. The van der Waals surface area contributed by atoms with Crippen LogP contribution in [-0.2, 0) is 6.42 Å². The van der Waals surface area contributed by atoms with E-state index in [9.17, 15) is 4.39 Å². The normalized spacial score (nSPS) is 12.6. The second-order valence-electron chi connectivity index (χ2n) is 5.19. The summed E-state index contributed by atoms with van der Waals surface area (Å²) >= 11 is 0. The summed E-state index contributed by atoms with van der Waals surface area (Å²) in [4.78, 5) is 0. The zero-order valence-electron chi connectivity index (χ0n) is 13.2. The molecule has 1 atom stereocenters. The van der Waals surface area contributed by atoms with Crippen molar-refractivity contribution in [2.45, 2.75) is 46.6 Å². The fourth-order valence-corrected chi connectivity index (χ4v) is 2.64. The first kappa shape index (κ1) is 15.6. The number of aryl methyl sites for hydroxylation is 1. The summed E-state index contributed by atoms with van der Waals surface area (Å²) in [5.74, 6) is -0.247. The first-order valence-electron chi connectivity index (χ1n) is 7.56. The fraction of sp³-hybridized carbons (Fsp3) is 0.500. The number of nitrogens with one attached hydrogen (secondary N) is 1. The molecule has 21 heavy (non-hydrogen) atoms. The van der Waals surface area contributed by atoms with Crippen LogP contribution in [0.4, 0.5) is 4.39 Å². The van der Waals surface area contributed by atoms with Crippen molar-refractivity contribution in [1.29, 1.82) is 0 Å². The Morgan fingerprint density at radius 1 is 1.24 bits per heavy atom. The van der Waals surface area contributed by atoms with Gasteiger partial charge in [-0.15, -0.1) is 5.10 Å². The van der Waals surface area contributed by atoms with E-state index in [0.717, 1.165) is 42.0 Å². The number of nitrogens with zero attached hydrogens (tertiary/aromatic N) is 3. The van der Waals surface area contributed by atoms with Gasteiger partial charge >= 0.3 is 0 Å². The highest BCUT2D eigenvalue weighted by molar-refractivity contribution is 5.37. The Morgan fingerprint density at radius 3 is 2.57 bits per heavy atom. The van der Waals surface area contributed by atoms with Crippen molar-refractivity contribution in [3.63, 3.8) is 0 Å². The molecule has 0 spiro atoms. The minimum Gasteiger partial charge on any atom is -0.309 e. The van der Waals surface area contributed by atoms with Gasteiger partial charge in [-0.2, -0.15) is 0 Å². The molecule has 1 N–H and O–H groups in total. The summed E-state index contributed by atoms with van der Waals surface area (Å²) in [6, 6.07) is 5.13. The van der Waals surface area contributed by atoms with Crippen LogP contribution in [0.3, 0.4) is 0 Å². The maximum absolute atomic E-state index is 13.6. The topological polar surface area (TPSA) is 42.7 Å². The third kappa shape index (κ3) is 3.29. The maximum atomic E-state index is 13.6. The Balaban J connectivity index is 2.48. The van der Waals surface area contributed by atoms with Gasteiger partial charge in [0.25, 0.3) is 0 Å². The molecule has 0 aliphatic carbocycles. The summed E-state index contributed by atoms with van der Waals surface area (Å²) in [6.07, 6.45) is 1.75. The lowest BCUT2D eigenvalue weighted by Crippen LogP contribution is -2.21. The van der Waals surface area contributed by atoms with Crippen LogP contribution in [0.1, 0.15) is 50.2 Å². The zero-order chi connectivity index (χ0) is 15.4. The lowest BCUT2D eigenvalue weighted by Gasteiger charge is -2.15. The lowest BCUT2D eigenvalue weighted by molar-refractivity contribution is 0.520. The van der Waals surface area contributed by atoms with Crippen molar-refractivity contribution in [3.8, 4) is 5.69 Å². The third-order valence-corrected chi connectivity index (χ3v) is 3.59. The van der Waals surface area contributed by atoms with E-state index in [0.29, 0.717) is 0 Å². The van der Waals surface area contributed by atoms with Crippen LogP contribution in [0.5, 0.6) is 0 Å². The van der Waals surface area contributed by atoms with Crippen molar-refractivity contribution in [2.75, 3.05) is 6.54 Å². The molecule has 0 fully saturated rings. The summed E-state index contributed by atoms with van der Waals surface area (Å²) < 4.78 is 15.4. The standard InChI is InChI=1S/C16H23FN4/c1-5-14(18-7-3)16-15(6-2)21(20-19-16)13-9-11(4)8-12(17)10-13/h8-10,14,18H,5-7H2,1-4H3. The molecule has 0 aliphatic rings. The molecule has 4 nitrogen and oxygen atoms in total. The van der Waals surface area contributed by atoms with Crippen molar-refractivity contribution < 1.29 is 4.39 Å². The average Bonchev–Trinajstić information content (AvgIpc) is 2.87. The average molecular weight is 290 g/mol. The zero-order valence-corrected chi connectivity index (χ0v) is 13.2. The van der Waals surface area contributed by atoms with E-state index >= 15 is 0 Å². The van der Waals surface area contributed by atoms with Crippen molar-refractivity contribution in [3.05, 3.63) is 41.0 Å². The largest absolute Gasteiger partial charge is 0.309 e. The van der Waals surface area contributed by atoms with Gasteiger partial charge in [-0.25, -0.2) is 9.07 Å². The van der Waals surface area contributed by atoms with Crippen LogP contribution in [-0.4, -0.2) is 21.5 Å². The van der Waals surface area contributed by atoms with Crippen LogP contribution >= 0.6 is 0 Å². The van der Waals surface area contributed by atoms with Crippen LogP contribution in [0.15, 0.2) is 18.2 Å². The predicted octanol–water partition coefficient (Wildman–Crippen LogP) is 3.34. The van der Waals surface area contributed by atoms with Crippen molar-refractivity contribution >= 4 is 0 Å². The monoisotopic (exact) mass is 290 g/mol. The Kier molecular flexibility index (Phi) is 5.07. The smallest absolute Gasteiger partial charge is 0.125 e. The van der Waals surface area contributed by atoms with Crippen molar-refractivity contribution in [1.82, 2.24) is 20.3 Å². The van der Waals surface area contributed by atoms with E-state index in [1.54, 1.807) is 4.68 Å². The minimum atomic E-state index is -0.247. The number of hydrogen-bond donors (Lipinski definition) is 1. The molecule has 1 heterocycles. The van der Waals surface area contributed by atoms with E-state index in [4.69, 9.17) is 0 Å². The van der Waals surface area contributed by atoms with E-state index in [1.165, 1.54) is 12.1 Å². The van der Waals surface area contributed by atoms with E-state index in [1.807, 2.05) is 13.0 Å². The molecule has 0 bridgehead atoms. The maximum Gasteiger partial charge on any atom is 0.125 e. The van der Waals surface area contributed by atoms with Crippen LogP contribution in [0, 0.1) is 12.7 Å². The van der Waals surface area contributed by atoms with Crippen LogP contribution < -0.4 is 5.32 Å². The summed E-state index contributed by atoms with van der Waals surface area (Å²) in [6.45, 7) is 9.04. The molecule has 0 radical (unpaired) electrons. The molecular formula is C16H23FN4. The molecular weight excluding hydrogens is 267 g/mol. The molecule has 2 rings (SSSR count). The summed E-state index contributed by atoms with van der Waals surface area (Å²) in [5, 5.41) is 12.0. The molecule has 5 heteroatoms. The second kappa shape index (κ2) is 6.80. The van der Waals surface area contributed by atoms with Gasteiger partial charge in [0.2, 0.25) is 0 Å². The van der Waals surface area contributed by atoms with Crippen LogP contribution in [0.25, 0.3) is 5.69 Å². The molecule has 0 saturated carbocycles. The first-order chi connectivity index (χ1) is 10.1. The molecule has 114 valence electrons. The Labute approximate surface area is 125 Å². The molecule has 0 saturated heterocycles. The Hall–Kier alpha value is -1.75. The molecule has 1 unspecified atom stereocenters. The minimum absolute atomic E-state index is 0.188. The van der Waals surface area contributed by atoms with Gasteiger partial charge in [-0.1, -0.05) is 26.0 Å². The van der Waals surface area contributed by atoms with Gasteiger partial charge in [-0.3, -0.25) is 0 Å². The lowest BCUT2D eigenvalue weighted by atomic mass is 10.1. The molecule has 1 aromatic heterocycles. The van der Waals surface area contributed by atoms with E-state index in [-0.39, 0.29) is 11.9 Å². The Morgan fingerprint density at radius 2 is 2.00 bits per heavy atom. The number of aromatic nitrogens is 3. The molecule has 0 aliphatic heterocycles. The van der Waals surface area contributed by atoms with Gasteiger partial charge in [0.05, 0.1) is 17.4 Å². The third-order valence-electron chi connectivity index (χ3n) is 3.59. The van der Waals surface area contributed by atoms with Gasteiger partial charge in [0.15, 0.2) is 0 Å². The molecule has 0 amide bonds. The summed E-state index contributed by atoms with van der Waals surface area (Å²) in [7, 11) is 0. The summed E-state index contributed by atoms with van der Waals surface area (Å²) in [5.41, 5.74) is 3.61. The van der Waals surface area contributed by atoms with Crippen LogP contribution in [0.2, 0.25) is 0 Å². The fourth-order valence-electron chi connectivity index (χ4n) is 2.64. The number of halogens is 1. The van der Waals surface area contributed by atoms with Gasteiger partial charge in [0.1, 0.15) is 11.5 Å². The van der Waals surface area contributed by atoms with Gasteiger partial charge < -0.3 is 5.32 Å². The number of rotatable bonds is 6. The van der Waals surface area contributed by atoms with Crippen molar-refractivity contribution in [2.24, 2.45) is 0 Å². The first-order valence-corrected chi connectivity index (χ1v) is 7.56. The quantitative estimate of drug-likeness (QED) is 0.887. The Bertz CT molecular complexity index is 586. The van der Waals surface area contributed by atoms with Gasteiger partial charge in [-0.05, 0) is 50.1 Å². The van der Waals surface area contributed by atoms with E-state index in [2.05, 4.69) is 36.4 Å². The highest BCUT2D eigenvalue weighted by atomic mass is 19.1. The number of hydrogen-bond acceptors (Lipinski definition) is 3. The van der Waals surface area contributed by atoms with Gasteiger partial charge in [0, 0.05) is 0 Å². The molecule has 1 aromatic carbocycles. The second-order valence-corrected chi connectivity index (χ2v) is 5.19. The predicted molar refractivity (Wildman–Crippen MR) is 82.1 cm³/mol. The molecule has 2 aromatic rings. The SMILES string of the molecule is CCNC(CC)c1nnn(-c2cc(C)cc(F)c2)c1CC. The highest BCUT2D eigenvalue weighted by Crippen LogP contribution is 2.22. The van der Waals surface area contributed by atoms with E-state index < -0.39 is 0 Å². The highest BCUT2D eigenvalue weighted by Gasteiger charge is 2.19.